The van der Waals surface area contributed by atoms with Crippen LogP contribution in [0.4, 0.5) is 4.39 Å². The first-order valence-electron chi connectivity index (χ1n) is 16.4. The first kappa shape index (κ1) is 39.6. The topological polar surface area (TPSA) is 139 Å². The van der Waals surface area contributed by atoms with Gasteiger partial charge in [0.05, 0.1) is 23.8 Å². The molecule has 1 aromatic carbocycles. The molecule has 5 atom stereocenters. The van der Waals surface area contributed by atoms with Gasteiger partial charge in [-0.3, -0.25) is 14.5 Å². The Bertz CT molecular complexity index is 1210. The monoisotopic (exact) mass is 666 g/mol. The highest BCUT2D eigenvalue weighted by atomic mass is 32.2. The van der Waals surface area contributed by atoms with Crippen LogP contribution in [-0.4, -0.2) is 104 Å². The van der Waals surface area contributed by atoms with Gasteiger partial charge in [0.2, 0.25) is 21.8 Å². The lowest BCUT2D eigenvalue weighted by Crippen LogP contribution is -2.56. The zero-order chi connectivity index (χ0) is 34.3. The summed E-state index contributed by atoms with van der Waals surface area (Å²) in [5.74, 6) is -0.00325. The molecule has 46 heavy (non-hydrogen) atoms. The zero-order valence-electron chi connectivity index (χ0n) is 27.9. The van der Waals surface area contributed by atoms with Gasteiger partial charge in [-0.15, -0.1) is 12.3 Å². The van der Waals surface area contributed by atoms with Crippen molar-refractivity contribution in [1.82, 2.24) is 19.8 Å². The van der Waals surface area contributed by atoms with Gasteiger partial charge in [-0.25, -0.2) is 17.1 Å². The Kier molecular flexibility index (Phi) is 17.2. The summed E-state index contributed by atoms with van der Waals surface area (Å²) in [5, 5.41) is 27.5. The third-order valence-corrected chi connectivity index (χ3v) is 10.7. The largest absolute Gasteiger partial charge is 0.390 e. The Morgan fingerprint density at radius 3 is 2.28 bits per heavy atom. The second-order valence-electron chi connectivity index (χ2n) is 13.2. The molecule has 0 heterocycles. The molecule has 10 nitrogen and oxygen atoms in total. The number of halogens is 1. The molecular weight excluding hydrogens is 611 g/mol. The van der Waals surface area contributed by atoms with Crippen LogP contribution in [-0.2, 0) is 26.0 Å². The molecule has 1 aliphatic rings. The SMILES string of the molecule is C#CC[C@H](NC(=O)C(Cc1ccccc1)CS(=O)(=O)N(C)CCN(C)CF)C(=O)NC(CC1CCCCC1)C(O)C(O)CC(C)C. The van der Waals surface area contributed by atoms with Crippen molar-refractivity contribution < 1.29 is 32.6 Å². The van der Waals surface area contributed by atoms with Crippen LogP contribution in [0.25, 0.3) is 0 Å². The van der Waals surface area contributed by atoms with Crippen LogP contribution in [0, 0.1) is 30.1 Å². The number of amides is 2. The normalized spacial score (nSPS) is 17.7. The molecule has 260 valence electrons. The first-order valence-corrected chi connectivity index (χ1v) is 18.0. The van der Waals surface area contributed by atoms with Gasteiger partial charge in [0.1, 0.15) is 18.9 Å². The number of hydrogen-bond donors (Lipinski definition) is 4. The molecule has 12 heteroatoms. The number of carbonyl (C=O) groups excluding carboxylic acids is 2. The summed E-state index contributed by atoms with van der Waals surface area (Å²) < 4.78 is 40.6. The molecule has 1 aliphatic carbocycles. The number of carbonyl (C=O) groups is 2. The fraction of sp³-hybridized carbons (Fsp3) is 0.706. The van der Waals surface area contributed by atoms with E-state index in [1.54, 1.807) is 24.3 Å². The van der Waals surface area contributed by atoms with Crippen LogP contribution in [0.5, 0.6) is 0 Å². The highest BCUT2D eigenvalue weighted by Gasteiger charge is 2.35. The Balaban J connectivity index is 2.26. The van der Waals surface area contributed by atoms with Crippen molar-refractivity contribution >= 4 is 21.8 Å². The Labute approximate surface area is 275 Å². The maximum absolute atomic E-state index is 13.7. The fourth-order valence-electron chi connectivity index (χ4n) is 5.87. The maximum Gasteiger partial charge on any atom is 0.243 e. The predicted molar refractivity (Wildman–Crippen MR) is 179 cm³/mol. The van der Waals surface area contributed by atoms with E-state index in [-0.39, 0.29) is 37.8 Å². The number of likely N-dealkylation sites (N-methyl/N-ethyl adjacent to an activating group) is 2. The van der Waals surface area contributed by atoms with E-state index in [0.717, 1.165) is 42.0 Å². The lowest BCUT2D eigenvalue weighted by atomic mass is 9.82. The average molecular weight is 667 g/mol. The Hall–Kier alpha value is -2.56. The van der Waals surface area contributed by atoms with Crippen LogP contribution in [0.2, 0.25) is 0 Å². The van der Waals surface area contributed by atoms with Crippen molar-refractivity contribution in [3.8, 4) is 12.3 Å². The second-order valence-corrected chi connectivity index (χ2v) is 15.3. The quantitative estimate of drug-likeness (QED) is 0.124. The summed E-state index contributed by atoms with van der Waals surface area (Å²) in [6.07, 6.45) is 9.35. The molecule has 0 saturated heterocycles. The number of sulfonamides is 1. The van der Waals surface area contributed by atoms with Gasteiger partial charge in [0.15, 0.2) is 0 Å². The summed E-state index contributed by atoms with van der Waals surface area (Å²) in [6, 6.07) is 7.04. The average Bonchev–Trinajstić information content (AvgIpc) is 3.02. The molecule has 1 fully saturated rings. The summed E-state index contributed by atoms with van der Waals surface area (Å²) in [4.78, 5) is 28.7. The van der Waals surface area contributed by atoms with Crippen molar-refractivity contribution in [3.63, 3.8) is 0 Å². The molecule has 0 bridgehead atoms. The minimum Gasteiger partial charge on any atom is -0.390 e. The van der Waals surface area contributed by atoms with Crippen molar-refractivity contribution in [2.45, 2.75) is 95.9 Å². The molecule has 0 radical (unpaired) electrons. The third kappa shape index (κ3) is 13.7. The number of rotatable bonds is 20. The smallest absolute Gasteiger partial charge is 0.243 e. The molecular formula is C34H55FN4O6S. The fourth-order valence-corrected chi connectivity index (χ4v) is 7.27. The van der Waals surface area contributed by atoms with E-state index in [2.05, 4.69) is 16.6 Å². The van der Waals surface area contributed by atoms with Crippen molar-refractivity contribution in [2.24, 2.45) is 17.8 Å². The van der Waals surface area contributed by atoms with Gasteiger partial charge in [0.25, 0.3) is 0 Å². The molecule has 1 aromatic rings. The van der Waals surface area contributed by atoms with Crippen molar-refractivity contribution in [2.75, 3.05) is 39.7 Å². The zero-order valence-corrected chi connectivity index (χ0v) is 28.7. The van der Waals surface area contributed by atoms with Gasteiger partial charge >= 0.3 is 0 Å². The molecule has 2 amide bonds. The number of nitrogens with one attached hydrogen (secondary N) is 2. The number of alkyl halides is 1. The van der Waals surface area contributed by atoms with E-state index in [0.29, 0.717) is 12.8 Å². The van der Waals surface area contributed by atoms with Crippen LogP contribution in [0.15, 0.2) is 30.3 Å². The number of aliphatic hydroxyl groups excluding tert-OH is 2. The van der Waals surface area contributed by atoms with Gasteiger partial charge in [0, 0.05) is 26.6 Å². The predicted octanol–water partition coefficient (Wildman–Crippen LogP) is 2.70. The molecule has 4 unspecified atom stereocenters. The number of hydrogen-bond acceptors (Lipinski definition) is 7. The Morgan fingerprint density at radius 2 is 1.70 bits per heavy atom. The van der Waals surface area contributed by atoms with Gasteiger partial charge in [-0.1, -0.05) is 76.3 Å². The molecule has 2 rings (SSSR count). The van der Waals surface area contributed by atoms with Crippen LogP contribution in [0.1, 0.15) is 70.8 Å². The van der Waals surface area contributed by atoms with Gasteiger partial charge in [-0.2, -0.15) is 0 Å². The number of terminal acetylenes is 1. The van der Waals surface area contributed by atoms with Gasteiger partial charge < -0.3 is 20.8 Å². The van der Waals surface area contributed by atoms with E-state index in [9.17, 15) is 32.6 Å². The highest BCUT2D eigenvalue weighted by Crippen LogP contribution is 2.29. The molecule has 0 spiro atoms. The second kappa shape index (κ2) is 20.0. The van der Waals surface area contributed by atoms with Crippen molar-refractivity contribution in [1.29, 1.82) is 0 Å². The first-order chi connectivity index (χ1) is 21.8. The number of aliphatic hydroxyl groups is 2. The maximum atomic E-state index is 13.7. The third-order valence-electron chi connectivity index (χ3n) is 8.70. The van der Waals surface area contributed by atoms with Crippen LogP contribution < -0.4 is 10.6 Å². The minimum absolute atomic E-state index is 0.0396. The van der Waals surface area contributed by atoms with E-state index in [1.807, 2.05) is 19.9 Å². The molecule has 0 aliphatic heterocycles. The molecule has 1 saturated carbocycles. The van der Waals surface area contributed by atoms with E-state index >= 15 is 0 Å². The Morgan fingerprint density at radius 1 is 1.04 bits per heavy atom. The summed E-state index contributed by atoms with van der Waals surface area (Å²) in [6.45, 7) is 3.37. The summed E-state index contributed by atoms with van der Waals surface area (Å²) in [5.41, 5.74) is 0.741. The summed E-state index contributed by atoms with van der Waals surface area (Å²) >= 11 is 0. The molecule has 0 aromatic heterocycles. The van der Waals surface area contributed by atoms with E-state index < -0.39 is 64.6 Å². The van der Waals surface area contributed by atoms with E-state index in [1.165, 1.54) is 19.0 Å². The lowest BCUT2D eigenvalue weighted by Gasteiger charge is -2.33. The summed E-state index contributed by atoms with van der Waals surface area (Å²) in [7, 11) is -1.02. The highest BCUT2D eigenvalue weighted by molar-refractivity contribution is 7.89. The van der Waals surface area contributed by atoms with Crippen LogP contribution in [0.3, 0.4) is 0 Å². The van der Waals surface area contributed by atoms with Crippen molar-refractivity contribution in [3.05, 3.63) is 35.9 Å². The number of benzene rings is 1. The lowest BCUT2D eigenvalue weighted by molar-refractivity contribution is -0.132. The molecule has 4 N–H and O–H groups in total. The van der Waals surface area contributed by atoms with E-state index in [4.69, 9.17) is 6.42 Å². The number of nitrogens with zero attached hydrogens (tertiary/aromatic N) is 2. The standard InChI is InChI=1S/C34H55FN4O6S/c1-6-13-29(34(43)37-30(22-27-16-11-8-12-17-27)32(41)31(40)20-25(2)3)36-33(42)28(21-26-14-9-7-10-15-26)23-46(44,45)39(5)19-18-38(4)24-35/h1,7,9-10,14-15,25,27-32,40-41H,8,11-13,16-24H2,2-5H3,(H,36,42)(H,37,43)/t28?,29-,30?,31?,32?/m0/s1. The van der Waals surface area contributed by atoms with Gasteiger partial charge in [-0.05, 0) is 43.7 Å². The van der Waals surface area contributed by atoms with Crippen LogP contribution >= 0.6 is 0 Å². The minimum atomic E-state index is -3.94.